The average Bonchev–Trinajstić information content (AvgIpc) is 2.99. The van der Waals surface area contributed by atoms with E-state index < -0.39 is 6.10 Å². The number of aliphatic hydroxyl groups excluding tert-OH is 1. The minimum absolute atomic E-state index is 0.159. The lowest BCUT2D eigenvalue weighted by atomic mass is 10.1. The summed E-state index contributed by atoms with van der Waals surface area (Å²) < 4.78 is 0. The summed E-state index contributed by atoms with van der Waals surface area (Å²) in [6.07, 6.45) is -0.623. The van der Waals surface area contributed by atoms with Gasteiger partial charge in [0.15, 0.2) is 0 Å². The number of hydrogen-bond acceptors (Lipinski definition) is 4. The van der Waals surface area contributed by atoms with E-state index in [1.54, 1.807) is 43.3 Å². The van der Waals surface area contributed by atoms with E-state index >= 15 is 0 Å². The number of benzene rings is 1. The molecule has 1 unspecified atom stereocenters. The molecule has 0 radical (unpaired) electrons. The second kappa shape index (κ2) is 7.01. The normalized spacial score (nSPS) is 11.7. The molecule has 2 aromatic rings. The lowest BCUT2D eigenvalue weighted by molar-refractivity contribution is 0.0925. The van der Waals surface area contributed by atoms with Crippen LogP contribution in [0.1, 0.15) is 27.0 Å². The van der Waals surface area contributed by atoms with Gasteiger partial charge >= 0.3 is 0 Å². The standard InChI is InChI=1S/C15H16N2O3S/c1-10(18)9-16-14(19)11-5-2-3-6-12(11)17-15(20)13-7-4-8-21-13/h2-8,10,18H,9H2,1H3,(H,16,19)(H,17,20). The molecule has 0 saturated carbocycles. The Labute approximate surface area is 126 Å². The Balaban J connectivity index is 2.13. The van der Waals surface area contributed by atoms with Gasteiger partial charge in [-0.3, -0.25) is 9.59 Å². The van der Waals surface area contributed by atoms with Crippen molar-refractivity contribution >= 4 is 28.8 Å². The van der Waals surface area contributed by atoms with Gasteiger partial charge in [0, 0.05) is 6.54 Å². The molecular weight excluding hydrogens is 288 g/mol. The molecule has 0 aliphatic carbocycles. The van der Waals surface area contributed by atoms with Crippen LogP contribution in [0.5, 0.6) is 0 Å². The van der Waals surface area contributed by atoms with Crippen LogP contribution in [0.15, 0.2) is 41.8 Å². The molecule has 0 saturated heterocycles. The number of carbonyl (C=O) groups excluding carboxylic acids is 2. The number of nitrogens with one attached hydrogen (secondary N) is 2. The van der Waals surface area contributed by atoms with Gasteiger partial charge in [-0.15, -0.1) is 11.3 Å². The van der Waals surface area contributed by atoms with Gasteiger partial charge in [-0.1, -0.05) is 18.2 Å². The number of carbonyl (C=O) groups is 2. The molecule has 0 aliphatic heterocycles. The van der Waals surface area contributed by atoms with Crippen molar-refractivity contribution < 1.29 is 14.7 Å². The zero-order valence-electron chi connectivity index (χ0n) is 11.5. The van der Waals surface area contributed by atoms with Crippen LogP contribution in [0, 0.1) is 0 Å². The van der Waals surface area contributed by atoms with E-state index in [1.807, 2.05) is 5.38 Å². The smallest absolute Gasteiger partial charge is 0.265 e. The van der Waals surface area contributed by atoms with Crippen LogP contribution in [-0.2, 0) is 0 Å². The number of thiophene rings is 1. The lowest BCUT2D eigenvalue weighted by Crippen LogP contribution is -2.31. The fourth-order valence-electron chi connectivity index (χ4n) is 1.72. The predicted octanol–water partition coefficient (Wildman–Crippen LogP) is 2.11. The van der Waals surface area contributed by atoms with Gasteiger partial charge in [0.25, 0.3) is 11.8 Å². The van der Waals surface area contributed by atoms with E-state index in [0.717, 1.165) is 0 Å². The van der Waals surface area contributed by atoms with Gasteiger partial charge in [0.2, 0.25) is 0 Å². The molecule has 3 N–H and O–H groups in total. The van der Waals surface area contributed by atoms with Gasteiger partial charge in [0.05, 0.1) is 22.2 Å². The third kappa shape index (κ3) is 4.14. The number of amides is 2. The maximum atomic E-state index is 12.1. The average molecular weight is 304 g/mol. The van der Waals surface area contributed by atoms with Crippen molar-refractivity contribution in [1.29, 1.82) is 0 Å². The first-order valence-corrected chi connectivity index (χ1v) is 7.36. The summed E-state index contributed by atoms with van der Waals surface area (Å²) in [5.74, 6) is -0.584. The molecule has 21 heavy (non-hydrogen) atoms. The minimum atomic E-state index is -0.623. The highest BCUT2D eigenvalue weighted by molar-refractivity contribution is 7.12. The Bertz CT molecular complexity index is 624. The van der Waals surface area contributed by atoms with E-state index in [1.165, 1.54) is 11.3 Å². The second-order valence-electron chi connectivity index (χ2n) is 4.54. The van der Waals surface area contributed by atoms with E-state index in [4.69, 9.17) is 0 Å². The number of para-hydroxylation sites is 1. The van der Waals surface area contributed by atoms with Crippen LogP contribution in [0.3, 0.4) is 0 Å². The summed E-state index contributed by atoms with van der Waals surface area (Å²) in [5.41, 5.74) is 0.807. The second-order valence-corrected chi connectivity index (χ2v) is 5.48. The zero-order chi connectivity index (χ0) is 15.2. The van der Waals surface area contributed by atoms with Crippen LogP contribution >= 0.6 is 11.3 Å². The molecule has 0 fully saturated rings. The summed E-state index contributed by atoms with van der Waals surface area (Å²) in [4.78, 5) is 24.7. The van der Waals surface area contributed by atoms with Crippen LogP contribution < -0.4 is 10.6 Å². The van der Waals surface area contributed by atoms with Crippen LogP contribution in [-0.4, -0.2) is 29.6 Å². The van der Waals surface area contributed by atoms with Crippen molar-refractivity contribution in [2.24, 2.45) is 0 Å². The van der Waals surface area contributed by atoms with Crippen LogP contribution in [0.4, 0.5) is 5.69 Å². The molecule has 2 rings (SSSR count). The monoisotopic (exact) mass is 304 g/mol. The molecular formula is C15H16N2O3S. The van der Waals surface area contributed by atoms with Crippen molar-refractivity contribution in [3.05, 3.63) is 52.2 Å². The molecule has 0 spiro atoms. The molecule has 2 amide bonds. The van der Waals surface area contributed by atoms with Crippen molar-refractivity contribution in [3.63, 3.8) is 0 Å². The van der Waals surface area contributed by atoms with Gasteiger partial charge in [-0.2, -0.15) is 0 Å². The minimum Gasteiger partial charge on any atom is -0.392 e. The number of anilines is 1. The summed E-state index contributed by atoms with van der Waals surface area (Å²) in [6, 6.07) is 10.3. The van der Waals surface area contributed by atoms with E-state index in [2.05, 4.69) is 10.6 Å². The molecule has 1 atom stereocenters. The van der Waals surface area contributed by atoms with Gasteiger partial charge in [0.1, 0.15) is 0 Å². The van der Waals surface area contributed by atoms with Gasteiger partial charge < -0.3 is 15.7 Å². The Kier molecular flexibility index (Phi) is 5.08. The topological polar surface area (TPSA) is 78.4 Å². The zero-order valence-corrected chi connectivity index (χ0v) is 12.3. The molecule has 0 bridgehead atoms. The Morgan fingerprint density at radius 2 is 1.95 bits per heavy atom. The van der Waals surface area contributed by atoms with Crippen LogP contribution in [0.25, 0.3) is 0 Å². The molecule has 110 valence electrons. The van der Waals surface area contributed by atoms with Crippen molar-refractivity contribution in [2.75, 3.05) is 11.9 Å². The van der Waals surface area contributed by atoms with Crippen LogP contribution in [0.2, 0.25) is 0 Å². The molecule has 1 aromatic heterocycles. The molecule has 5 nitrogen and oxygen atoms in total. The van der Waals surface area contributed by atoms with Gasteiger partial charge in [-0.05, 0) is 30.5 Å². The summed E-state index contributed by atoms with van der Waals surface area (Å²) >= 11 is 1.33. The highest BCUT2D eigenvalue weighted by atomic mass is 32.1. The Hall–Kier alpha value is -2.18. The quantitative estimate of drug-likeness (QED) is 0.791. The Morgan fingerprint density at radius 1 is 1.19 bits per heavy atom. The maximum Gasteiger partial charge on any atom is 0.265 e. The first-order chi connectivity index (χ1) is 10.1. The Morgan fingerprint density at radius 3 is 2.62 bits per heavy atom. The SMILES string of the molecule is CC(O)CNC(=O)c1ccccc1NC(=O)c1cccs1. The van der Waals surface area contributed by atoms with Crippen molar-refractivity contribution in [2.45, 2.75) is 13.0 Å². The largest absolute Gasteiger partial charge is 0.392 e. The third-order valence-electron chi connectivity index (χ3n) is 2.72. The third-order valence-corrected chi connectivity index (χ3v) is 3.59. The van der Waals surface area contributed by atoms with E-state index in [0.29, 0.717) is 16.1 Å². The predicted molar refractivity (Wildman–Crippen MR) is 82.7 cm³/mol. The first kappa shape index (κ1) is 15.2. The first-order valence-electron chi connectivity index (χ1n) is 6.48. The fourth-order valence-corrected chi connectivity index (χ4v) is 2.34. The van der Waals surface area contributed by atoms with Crippen molar-refractivity contribution in [1.82, 2.24) is 5.32 Å². The van der Waals surface area contributed by atoms with E-state index in [-0.39, 0.29) is 18.4 Å². The summed E-state index contributed by atoms with van der Waals surface area (Å²) in [7, 11) is 0. The molecule has 0 aliphatic rings. The molecule has 1 heterocycles. The number of hydrogen-bond donors (Lipinski definition) is 3. The van der Waals surface area contributed by atoms with Gasteiger partial charge in [-0.25, -0.2) is 0 Å². The molecule has 1 aromatic carbocycles. The van der Waals surface area contributed by atoms with Crippen molar-refractivity contribution in [3.8, 4) is 0 Å². The number of aliphatic hydroxyl groups is 1. The highest BCUT2D eigenvalue weighted by Crippen LogP contribution is 2.17. The number of rotatable bonds is 5. The summed E-state index contributed by atoms with van der Waals surface area (Å²) in [6.45, 7) is 1.75. The highest BCUT2D eigenvalue weighted by Gasteiger charge is 2.14. The van der Waals surface area contributed by atoms with E-state index in [9.17, 15) is 14.7 Å². The molecule has 6 heteroatoms. The fraction of sp³-hybridized carbons (Fsp3) is 0.200. The lowest BCUT2D eigenvalue weighted by Gasteiger charge is -2.11. The maximum absolute atomic E-state index is 12.1. The summed E-state index contributed by atoms with van der Waals surface area (Å²) in [5, 5.41) is 16.4.